The minimum Gasteiger partial charge on any atom is -0.478 e. The molecule has 0 amide bonds. The van der Waals surface area contributed by atoms with E-state index in [1.165, 1.54) is 19.3 Å². The number of rotatable bonds is 7. The number of carbonyl (C=O) groups is 1. The molecule has 1 aromatic carbocycles. The topological polar surface area (TPSA) is 55.1 Å². The van der Waals surface area contributed by atoms with Crippen molar-refractivity contribution >= 4 is 17.0 Å². The van der Waals surface area contributed by atoms with Crippen LogP contribution in [0.2, 0.25) is 0 Å². The molecule has 0 aliphatic rings. The SMILES string of the molecule is CCCCC(CC)Cn1cnc2cccc(C(=O)O)c21. The first kappa shape index (κ1) is 14.6. The van der Waals surface area contributed by atoms with Crippen LogP contribution in [0.25, 0.3) is 11.0 Å². The van der Waals surface area contributed by atoms with Crippen LogP contribution in [0.15, 0.2) is 24.5 Å². The fraction of sp³-hybridized carbons (Fsp3) is 0.500. The van der Waals surface area contributed by atoms with E-state index in [0.29, 0.717) is 11.5 Å². The van der Waals surface area contributed by atoms with E-state index in [1.54, 1.807) is 18.5 Å². The van der Waals surface area contributed by atoms with E-state index in [0.717, 1.165) is 24.0 Å². The van der Waals surface area contributed by atoms with Crippen LogP contribution in [0.3, 0.4) is 0 Å². The molecular weight excluding hydrogens is 252 g/mol. The molecule has 1 aromatic heterocycles. The molecule has 108 valence electrons. The lowest BCUT2D eigenvalue weighted by molar-refractivity contribution is 0.0698. The van der Waals surface area contributed by atoms with Crippen LogP contribution in [0.4, 0.5) is 0 Å². The number of para-hydroxylation sites is 1. The van der Waals surface area contributed by atoms with Gasteiger partial charge in [0, 0.05) is 6.54 Å². The number of hydrogen-bond donors (Lipinski definition) is 1. The Morgan fingerprint density at radius 3 is 2.85 bits per heavy atom. The third-order valence-corrected chi connectivity index (χ3v) is 3.87. The van der Waals surface area contributed by atoms with E-state index in [4.69, 9.17) is 0 Å². The summed E-state index contributed by atoms with van der Waals surface area (Å²) in [6.07, 6.45) is 6.47. The maximum Gasteiger partial charge on any atom is 0.337 e. The summed E-state index contributed by atoms with van der Waals surface area (Å²) in [6, 6.07) is 5.26. The number of aromatic nitrogens is 2. The number of carboxylic acid groups (broad SMARTS) is 1. The predicted molar refractivity (Wildman–Crippen MR) is 80.0 cm³/mol. The number of benzene rings is 1. The van der Waals surface area contributed by atoms with Gasteiger partial charge in [0.2, 0.25) is 0 Å². The van der Waals surface area contributed by atoms with Crippen molar-refractivity contribution in [2.75, 3.05) is 0 Å². The van der Waals surface area contributed by atoms with E-state index in [1.807, 2.05) is 10.6 Å². The molecule has 0 fully saturated rings. The lowest BCUT2D eigenvalue weighted by Crippen LogP contribution is -2.11. The summed E-state index contributed by atoms with van der Waals surface area (Å²) >= 11 is 0. The highest BCUT2D eigenvalue weighted by Crippen LogP contribution is 2.22. The van der Waals surface area contributed by atoms with Crippen molar-refractivity contribution in [3.05, 3.63) is 30.1 Å². The van der Waals surface area contributed by atoms with E-state index in [2.05, 4.69) is 18.8 Å². The molecule has 2 aromatic rings. The van der Waals surface area contributed by atoms with Crippen molar-refractivity contribution in [3.63, 3.8) is 0 Å². The first-order valence-corrected chi connectivity index (χ1v) is 7.34. The minimum atomic E-state index is -0.890. The van der Waals surface area contributed by atoms with Gasteiger partial charge in [-0.25, -0.2) is 9.78 Å². The molecule has 0 spiro atoms. The third kappa shape index (κ3) is 3.00. The average molecular weight is 274 g/mol. The summed E-state index contributed by atoms with van der Waals surface area (Å²) in [7, 11) is 0. The zero-order chi connectivity index (χ0) is 14.5. The lowest BCUT2D eigenvalue weighted by Gasteiger charge is -2.16. The van der Waals surface area contributed by atoms with Crippen LogP contribution in [-0.4, -0.2) is 20.6 Å². The molecule has 1 N–H and O–H groups in total. The predicted octanol–water partition coefficient (Wildman–Crippen LogP) is 3.95. The van der Waals surface area contributed by atoms with Gasteiger partial charge in [0.05, 0.1) is 22.9 Å². The molecule has 1 heterocycles. The second-order valence-corrected chi connectivity index (χ2v) is 5.29. The summed E-state index contributed by atoms with van der Waals surface area (Å²) in [5.74, 6) is -0.312. The van der Waals surface area contributed by atoms with Gasteiger partial charge in [0.1, 0.15) is 0 Å². The van der Waals surface area contributed by atoms with Crippen LogP contribution in [-0.2, 0) is 6.54 Å². The van der Waals surface area contributed by atoms with Crippen LogP contribution < -0.4 is 0 Å². The molecule has 20 heavy (non-hydrogen) atoms. The van der Waals surface area contributed by atoms with Crippen molar-refractivity contribution in [2.24, 2.45) is 5.92 Å². The minimum absolute atomic E-state index is 0.338. The summed E-state index contributed by atoms with van der Waals surface area (Å²) in [5, 5.41) is 9.32. The first-order valence-electron chi connectivity index (χ1n) is 7.34. The second kappa shape index (κ2) is 6.55. The number of aromatic carboxylic acids is 1. The molecular formula is C16H22N2O2. The van der Waals surface area contributed by atoms with Gasteiger partial charge in [-0.2, -0.15) is 0 Å². The average Bonchev–Trinajstić information content (AvgIpc) is 2.86. The van der Waals surface area contributed by atoms with E-state index in [-0.39, 0.29) is 0 Å². The lowest BCUT2D eigenvalue weighted by atomic mass is 9.99. The smallest absolute Gasteiger partial charge is 0.337 e. The number of hydrogen-bond acceptors (Lipinski definition) is 2. The summed E-state index contributed by atoms with van der Waals surface area (Å²) in [6.45, 7) is 5.23. The summed E-state index contributed by atoms with van der Waals surface area (Å²) in [5.41, 5.74) is 1.84. The maximum absolute atomic E-state index is 11.4. The Hall–Kier alpha value is -1.84. The highest BCUT2D eigenvalue weighted by Gasteiger charge is 2.15. The maximum atomic E-state index is 11.4. The van der Waals surface area contributed by atoms with Gasteiger partial charge in [-0.3, -0.25) is 0 Å². The highest BCUT2D eigenvalue weighted by molar-refractivity contribution is 6.01. The van der Waals surface area contributed by atoms with Crippen molar-refractivity contribution in [1.29, 1.82) is 0 Å². The van der Waals surface area contributed by atoms with Crippen molar-refractivity contribution in [1.82, 2.24) is 9.55 Å². The van der Waals surface area contributed by atoms with Gasteiger partial charge < -0.3 is 9.67 Å². The zero-order valence-corrected chi connectivity index (χ0v) is 12.2. The molecule has 0 bridgehead atoms. The fourth-order valence-corrected chi connectivity index (χ4v) is 2.63. The van der Waals surface area contributed by atoms with Gasteiger partial charge in [-0.05, 0) is 24.5 Å². The van der Waals surface area contributed by atoms with Crippen molar-refractivity contribution < 1.29 is 9.90 Å². The van der Waals surface area contributed by atoms with Crippen LogP contribution in [0.1, 0.15) is 49.9 Å². The van der Waals surface area contributed by atoms with E-state index in [9.17, 15) is 9.90 Å². The Morgan fingerprint density at radius 1 is 1.40 bits per heavy atom. The molecule has 0 saturated carbocycles. The number of imidazole rings is 1. The molecule has 2 rings (SSSR count). The Labute approximate surface area is 119 Å². The van der Waals surface area contributed by atoms with E-state index < -0.39 is 5.97 Å². The Morgan fingerprint density at radius 2 is 2.20 bits per heavy atom. The van der Waals surface area contributed by atoms with Crippen LogP contribution in [0.5, 0.6) is 0 Å². The normalized spacial score (nSPS) is 12.7. The Bertz CT molecular complexity index is 589. The third-order valence-electron chi connectivity index (χ3n) is 3.87. The number of unbranched alkanes of at least 4 members (excludes halogenated alkanes) is 1. The highest BCUT2D eigenvalue weighted by atomic mass is 16.4. The molecule has 0 saturated heterocycles. The monoisotopic (exact) mass is 274 g/mol. The molecule has 0 radical (unpaired) electrons. The van der Waals surface area contributed by atoms with Crippen molar-refractivity contribution in [2.45, 2.75) is 46.1 Å². The number of fused-ring (bicyclic) bond motifs is 1. The molecule has 4 nitrogen and oxygen atoms in total. The van der Waals surface area contributed by atoms with Crippen LogP contribution >= 0.6 is 0 Å². The van der Waals surface area contributed by atoms with E-state index >= 15 is 0 Å². The molecule has 1 atom stereocenters. The second-order valence-electron chi connectivity index (χ2n) is 5.29. The first-order chi connectivity index (χ1) is 9.67. The standard InChI is InChI=1S/C16H22N2O2/c1-3-5-7-12(4-2)10-18-11-17-14-9-6-8-13(15(14)18)16(19)20/h6,8-9,11-12H,3-5,7,10H2,1-2H3,(H,19,20). The van der Waals surface area contributed by atoms with Gasteiger partial charge in [-0.1, -0.05) is 39.2 Å². The molecule has 0 aliphatic carbocycles. The fourth-order valence-electron chi connectivity index (χ4n) is 2.63. The summed E-state index contributed by atoms with van der Waals surface area (Å²) in [4.78, 5) is 15.7. The van der Waals surface area contributed by atoms with Crippen molar-refractivity contribution in [3.8, 4) is 0 Å². The zero-order valence-electron chi connectivity index (χ0n) is 12.2. The largest absolute Gasteiger partial charge is 0.478 e. The van der Waals surface area contributed by atoms with Crippen LogP contribution in [0, 0.1) is 5.92 Å². The Balaban J connectivity index is 2.32. The number of carboxylic acids is 1. The van der Waals surface area contributed by atoms with Gasteiger partial charge >= 0.3 is 5.97 Å². The Kier molecular flexibility index (Phi) is 4.77. The molecule has 0 aliphatic heterocycles. The molecule has 1 unspecified atom stereocenters. The molecule has 4 heteroatoms. The summed E-state index contributed by atoms with van der Waals surface area (Å²) < 4.78 is 2.00. The van der Waals surface area contributed by atoms with Gasteiger partial charge in [-0.15, -0.1) is 0 Å². The van der Waals surface area contributed by atoms with Gasteiger partial charge in [0.15, 0.2) is 0 Å². The quantitative estimate of drug-likeness (QED) is 0.831. The van der Waals surface area contributed by atoms with Gasteiger partial charge in [0.25, 0.3) is 0 Å². The number of nitrogens with zero attached hydrogens (tertiary/aromatic N) is 2.